The maximum absolute atomic E-state index is 9.60. The van der Waals surface area contributed by atoms with Crippen LogP contribution in [0.3, 0.4) is 0 Å². The zero-order valence-electron chi connectivity index (χ0n) is 13.4. The Kier molecular flexibility index (Phi) is 9.61. The average Bonchev–Trinajstić information content (AvgIpc) is 2.53. The zero-order valence-corrected chi connectivity index (χ0v) is 19.5. The molecule has 0 aliphatic carbocycles. The van der Waals surface area contributed by atoms with Crippen LogP contribution in [0.25, 0.3) is 11.4 Å². The van der Waals surface area contributed by atoms with Crippen LogP contribution in [0.5, 0.6) is 0 Å². The van der Waals surface area contributed by atoms with Gasteiger partial charge in [-0.05, 0) is 19.1 Å². The van der Waals surface area contributed by atoms with Crippen LogP contribution in [0.1, 0.15) is 18.6 Å². The highest BCUT2D eigenvalue weighted by Gasteiger charge is 2.33. The van der Waals surface area contributed by atoms with E-state index in [1.807, 2.05) is 6.07 Å². The molecule has 2 N–H and O–H groups in total. The first-order chi connectivity index (χ1) is 12.3. The van der Waals surface area contributed by atoms with Gasteiger partial charge in [-0.1, -0.05) is 97.7 Å². The molecule has 27 heavy (non-hydrogen) atoms. The minimum absolute atomic E-state index is 0.126. The molecule has 0 aliphatic rings. The fraction of sp³-hybridized carbons (Fsp3) is 0.286. The number of rotatable bonds is 2. The van der Waals surface area contributed by atoms with E-state index >= 15 is 0 Å². The molecule has 148 valence electrons. The van der Waals surface area contributed by atoms with Gasteiger partial charge in [0.25, 0.3) is 0 Å². The first-order valence-corrected chi connectivity index (χ1v) is 9.99. The summed E-state index contributed by atoms with van der Waals surface area (Å²) < 4.78 is 1.27. The largest absolute Gasteiger partial charge is 0.450 e. The second kappa shape index (κ2) is 10.5. The number of primary amides is 1. The first-order valence-electron chi connectivity index (χ1n) is 6.93. The van der Waals surface area contributed by atoms with Crippen molar-refractivity contribution in [1.82, 2.24) is 15.0 Å². The molecule has 2 aromatic rings. The van der Waals surface area contributed by atoms with Crippen LogP contribution in [0.4, 0.5) is 4.79 Å². The SMILES string of the molecule is CCOC(N)=O.ClC(Cl)(Cl)c1nc(-c2cccc(Br)c2)nc(C(Cl)(Cl)Cl)n1. The Balaban J connectivity index is 0.000000527. The number of alkyl halides is 6. The van der Waals surface area contributed by atoms with E-state index in [2.05, 4.69) is 41.4 Å². The predicted molar refractivity (Wildman–Crippen MR) is 113 cm³/mol. The van der Waals surface area contributed by atoms with Crippen LogP contribution in [0.2, 0.25) is 0 Å². The van der Waals surface area contributed by atoms with Crippen LogP contribution in [-0.4, -0.2) is 27.7 Å². The lowest BCUT2D eigenvalue weighted by atomic mass is 10.2. The number of benzene rings is 1. The highest BCUT2D eigenvalue weighted by atomic mass is 79.9. The molecule has 1 aromatic heterocycles. The van der Waals surface area contributed by atoms with E-state index in [-0.39, 0.29) is 17.5 Å². The molecule has 1 aromatic carbocycles. The maximum atomic E-state index is 9.60. The Morgan fingerprint density at radius 1 is 1.07 bits per heavy atom. The lowest BCUT2D eigenvalue weighted by molar-refractivity contribution is 0.163. The summed E-state index contributed by atoms with van der Waals surface area (Å²) in [5.41, 5.74) is 5.19. The monoisotopic (exact) mass is 556 g/mol. The van der Waals surface area contributed by atoms with E-state index in [0.29, 0.717) is 12.2 Å². The Hall–Kier alpha value is -0.280. The Bertz CT molecular complexity index is 766. The smallest absolute Gasteiger partial charge is 0.404 e. The van der Waals surface area contributed by atoms with Crippen molar-refractivity contribution < 1.29 is 9.53 Å². The molecule has 2 rings (SSSR count). The molecule has 0 spiro atoms. The Morgan fingerprint density at radius 3 is 1.93 bits per heavy atom. The van der Waals surface area contributed by atoms with Gasteiger partial charge in [0.1, 0.15) is 0 Å². The molecule has 1 amide bonds. The number of hydrogen-bond donors (Lipinski definition) is 1. The van der Waals surface area contributed by atoms with E-state index in [4.69, 9.17) is 69.6 Å². The van der Waals surface area contributed by atoms with Gasteiger partial charge in [0.05, 0.1) is 6.61 Å². The number of halogens is 7. The average molecular weight is 560 g/mol. The summed E-state index contributed by atoms with van der Waals surface area (Å²) in [7, 11) is 0. The number of ether oxygens (including phenoxy) is 1. The summed E-state index contributed by atoms with van der Waals surface area (Å²) >= 11 is 38.2. The van der Waals surface area contributed by atoms with Gasteiger partial charge in [0.15, 0.2) is 17.5 Å². The molecule has 0 atom stereocenters. The summed E-state index contributed by atoms with van der Waals surface area (Å²) in [5.74, 6) is -0.0217. The van der Waals surface area contributed by atoms with E-state index in [1.54, 1.807) is 25.1 Å². The molecule has 0 bridgehead atoms. The topological polar surface area (TPSA) is 91.0 Å². The highest BCUT2D eigenvalue weighted by molar-refractivity contribution is 9.10. The number of aromatic nitrogens is 3. The lowest BCUT2D eigenvalue weighted by Gasteiger charge is -2.15. The Labute approximate surface area is 193 Å². The first kappa shape index (κ1) is 24.8. The van der Waals surface area contributed by atoms with Crippen molar-refractivity contribution in [2.45, 2.75) is 14.5 Å². The van der Waals surface area contributed by atoms with Gasteiger partial charge in [-0.2, -0.15) is 0 Å². The quantitative estimate of drug-likeness (QED) is 0.452. The van der Waals surface area contributed by atoms with Crippen molar-refractivity contribution in [3.8, 4) is 11.4 Å². The maximum Gasteiger partial charge on any atom is 0.404 e. The molecule has 0 saturated heterocycles. The number of carbonyl (C=O) groups is 1. The summed E-state index contributed by atoms with van der Waals surface area (Å²) in [6.45, 7) is 2.06. The minimum atomic E-state index is -1.87. The molecule has 1 heterocycles. The third kappa shape index (κ3) is 8.73. The van der Waals surface area contributed by atoms with Crippen LogP contribution in [-0.2, 0) is 12.3 Å². The number of nitrogens with zero attached hydrogens (tertiary/aromatic N) is 3. The predicted octanol–water partition coefficient (Wildman–Crippen LogP) is 6.06. The van der Waals surface area contributed by atoms with Crippen molar-refractivity contribution in [3.63, 3.8) is 0 Å². The van der Waals surface area contributed by atoms with Crippen LogP contribution < -0.4 is 5.73 Å². The van der Waals surface area contributed by atoms with Crippen molar-refractivity contribution in [2.24, 2.45) is 5.73 Å². The molecule has 6 nitrogen and oxygen atoms in total. The number of nitrogens with two attached hydrogens (primary N) is 1. The van der Waals surface area contributed by atoms with Crippen LogP contribution in [0, 0.1) is 0 Å². The minimum Gasteiger partial charge on any atom is -0.450 e. The number of hydrogen-bond acceptors (Lipinski definition) is 5. The molecule has 13 heteroatoms. The normalized spacial score (nSPS) is 11.4. The van der Waals surface area contributed by atoms with Crippen LogP contribution in [0.15, 0.2) is 28.7 Å². The third-order valence-corrected chi connectivity index (χ3v) is 4.02. The van der Waals surface area contributed by atoms with Gasteiger partial charge < -0.3 is 10.5 Å². The Morgan fingerprint density at radius 2 is 1.59 bits per heavy atom. The van der Waals surface area contributed by atoms with Gasteiger partial charge in [-0.15, -0.1) is 0 Å². The van der Waals surface area contributed by atoms with Gasteiger partial charge in [0.2, 0.25) is 7.59 Å². The standard InChI is InChI=1S/C11H4BrCl6N3.C3H7NO2/c12-6-3-1-2-5(4-6)7-19-8(10(13,14)15)21-9(20-7)11(16,17)18;1-2-6-3(4)5/h1-4H;2H2,1H3,(H2,4,5). The van der Waals surface area contributed by atoms with Crippen molar-refractivity contribution in [3.05, 3.63) is 40.4 Å². The van der Waals surface area contributed by atoms with Gasteiger partial charge >= 0.3 is 6.09 Å². The van der Waals surface area contributed by atoms with Gasteiger partial charge in [0, 0.05) is 10.0 Å². The third-order valence-electron chi connectivity index (χ3n) is 2.51. The van der Waals surface area contributed by atoms with E-state index in [0.717, 1.165) is 4.47 Å². The lowest BCUT2D eigenvalue weighted by Crippen LogP contribution is -2.16. The molecule has 0 radical (unpaired) electrons. The second-order valence-corrected chi connectivity index (χ2v) is 10.0. The van der Waals surface area contributed by atoms with Crippen molar-refractivity contribution in [2.75, 3.05) is 6.61 Å². The van der Waals surface area contributed by atoms with Gasteiger partial charge in [-0.25, -0.2) is 19.7 Å². The van der Waals surface area contributed by atoms with E-state index < -0.39 is 13.7 Å². The molecular formula is C14H11BrCl6N4O2. The summed E-state index contributed by atoms with van der Waals surface area (Å²) in [6, 6.07) is 7.19. The van der Waals surface area contributed by atoms with Crippen molar-refractivity contribution in [1.29, 1.82) is 0 Å². The highest BCUT2D eigenvalue weighted by Crippen LogP contribution is 2.40. The number of amides is 1. The molecular weight excluding hydrogens is 549 g/mol. The van der Waals surface area contributed by atoms with E-state index in [9.17, 15) is 4.79 Å². The number of carbonyl (C=O) groups excluding carboxylic acids is 1. The molecule has 0 unspecified atom stereocenters. The summed E-state index contributed by atoms with van der Waals surface area (Å²) in [6.07, 6.45) is -0.711. The molecule has 0 fully saturated rings. The second-order valence-electron chi connectivity index (χ2n) is 4.56. The summed E-state index contributed by atoms with van der Waals surface area (Å²) in [5, 5.41) is 0. The molecule has 0 saturated carbocycles. The fourth-order valence-electron chi connectivity index (χ4n) is 1.53. The summed E-state index contributed by atoms with van der Waals surface area (Å²) in [4.78, 5) is 21.7. The van der Waals surface area contributed by atoms with Crippen LogP contribution >= 0.6 is 85.5 Å². The van der Waals surface area contributed by atoms with Crippen molar-refractivity contribution >= 4 is 91.6 Å². The fourth-order valence-corrected chi connectivity index (χ4v) is 2.43. The van der Waals surface area contributed by atoms with E-state index in [1.165, 1.54) is 0 Å². The zero-order chi connectivity index (χ0) is 20.8. The molecule has 0 aliphatic heterocycles. The van der Waals surface area contributed by atoms with Gasteiger partial charge in [-0.3, -0.25) is 0 Å².